The maximum Gasteiger partial charge on any atom is 0.416 e. The van der Waals surface area contributed by atoms with Crippen LogP contribution < -0.4 is 4.74 Å². The molecule has 35 heavy (non-hydrogen) atoms. The summed E-state index contributed by atoms with van der Waals surface area (Å²) in [4.78, 5) is 31.3. The Morgan fingerprint density at radius 3 is 2.46 bits per heavy atom. The second kappa shape index (κ2) is 9.61. The molecule has 1 aliphatic heterocycles. The Morgan fingerprint density at radius 2 is 1.83 bits per heavy atom. The minimum absolute atomic E-state index is 0.167. The molecule has 0 saturated carbocycles. The average molecular weight is 482 g/mol. The summed E-state index contributed by atoms with van der Waals surface area (Å²) in [5.41, 5.74) is -0.111. The first kappa shape index (κ1) is 24.0. The molecule has 3 aromatic rings. The highest BCUT2D eigenvalue weighted by Crippen LogP contribution is 2.40. The molecule has 1 N–H and O–H groups in total. The van der Waals surface area contributed by atoms with Gasteiger partial charge in [0.1, 0.15) is 11.5 Å². The molecule has 2 heterocycles. The van der Waals surface area contributed by atoms with Crippen LogP contribution in [-0.2, 0) is 22.3 Å². The highest BCUT2D eigenvalue weighted by atomic mass is 19.4. The molecule has 0 aliphatic carbocycles. The third kappa shape index (κ3) is 4.89. The van der Waals surface area contributed by atoms with Crippen LogP contribution in [0.1, 0.15) is 35.2 Å². The molecule has 4 rings (SSSR count). The van der Waals surface area contributed by atoms with Gasteiger partial charge in [-0.15, -0.1) is 0 Å². The van der Waals surface area contributed by atoms with Crippen molar-refractivity contribution in [2.24, 2.45) is 0 Å². The smallest absolute Gasteiger partial charge is 0.416 e. The number of carbonyl (C=O) groups is 2. The third-order valence-corrected chi connectivity index (χ3v) is 5.59. The lowest BCUT2D eigenvalue weighted by Gasteiger charge is -2.25. The van der Waals surface area contributed by atoms with Crippen molar-refractivity contribution in [3.63, 3.8) is 0 Å². The molecule has 1 saturated heterocycles. The zero-order valence-corrected chi connectivity index (χ0v) is 18.6. The number of rotatable bonds is 6. The molecule has 1 atom stereocenters. The van der Waals surface area contributed by atoms with Crippen molar-refractivity contribution in [2.75, 3.05) is 6.61 Å². The van der Waals surface area contributed by atoms with Gasteiger partial charge in [0.15, 0.2) is 0 Å². The van der Waals surface area contributed by atoms with E-state index >= 15 is 0 Å². The monoisotopic (exact) mass is 482 g/mol. The summed E-state index contributed by atoms with van der Waals surface area (Å²) < 4.78 is 45.0. The molecular formula is C26H21F3N2O4. The highest BCUT2D eigenvalue weighted by molar-refractivity contribution is 6.46. The number of carbonyl (C=O) groups excluding carboxylic acids is 2. The first-order valence-electron chi connectivity index (χ1n) is 10.8. The quantitative estimate of drug-likeness (QED) is 0.300. The van der Waals surface area contributed by atoms with Crippen LogP contribution in [0.5, 0.6) is 5.75 Å². The minimum atomic E-state index is -4.55. The molecule has 1 aliphatic rings. The summed E-state index contributed by atoms with van der Waals surface area (Å²) in [5, 5.41) is 11.1. The fourth-order valence-corrected chi connectivity index (χ4v) is 4.00. The molecule has 0 radical (unpaired) electrons. The maximum absolute atomic E-state index is 13.2. The van der Waals surface area contributed by atoms with Crippen LogP contribution in [0.2, 0.25) is 0 Å². The van der Waals surface area contributed by atoms with Crippen LogP contribution in [0, 0.1) is 0 Å². The van der Waals surface area contributed by atoms with Gasteiger partial charge in [0.2, 0.25) is 0 Å². The van der Waals surface area contributed by atoms with Gasteiger partial charge in [-0.05, 0) is 60.5 Å². The molecule has 2 aromatic carbocycles. The number of aliphatic hydroxyl groups is 1. The van der Waals surface area contributed by atoms with E-state index in [2.05, 4.69) is 4.98 Å². The number of aromatic nitrogens is 1. The Hall–Kier alpha value is -4.14. The second-order valence-electron chi connectivity index (χ2n) is 7.87. The summed E-state index contributed by atoms with van der Waals surface area (Å²) >= 11 is 0. The summed E-state index contributed by atoms with van der Waals surface area (Å²) in [7, 11) is 0. The topological polar surface area (TPSA) is 79.7 Å². The van der Waals surface area contributed by atoms with Crippen LogP contribution in [0.15, 0.2) is 78.6 Å². The lowest BCUT2D eigenvalue weighted by molar-refractivity contribution is -0.140. The zero-order valence-electron chi connectivity index (χ0n) is 18.6. The number of amides is 1. The number of aliphatic hydroxyl groups excluding tert-OH is 1. The van der Waals surface area contributed by atoms with Crippen molar-refractivity contribution < 1.29 is 32.6 Å². The number of hydrogen-bond acceptors (Lipinski definition) is 5. The lowest BCUT2D eigenvalue weighted by atomic mass is 9.96. The van der Waals surface area contributed by atoms with Crippen molar-refractivity contribution >= 4 is 17.4 Å². The standard InChI is InChI=1S/C26H21F3N2O4/c1-2-35-20-10-8-17(9-11-20)23(32)21-22(18-6-4-12-30-14-18)31(25(34)24(21)33)15-16-5-3-7-19(13-16)26(27,28)29/h3-14,22,32H,2,15H2,1H3/b23-21+. The lowest BCUT2D eigenvalue weighted by Crippen LogP contribution is -2.29. The Labute approximate surface area is 199 Å². The Balaban J connectivity index is 1.79. The number of hydrogen-bond donors (Lipinski definition) is 1. The van der Waals surface area contributed by atoms with Gasteiger partial charge in [-0.2, -0.15) is 13.2 Å². The van der Waals surface area contributed by atoms with Crippen molar-refractivity contribution in [3.8, 4) is 5.75 Å². The first-order valence-corrected chi connectivity index (χ1v) is 10.8. The molecular weight excluding hydrogens is 461 g/mol. The van der Waals surface area contributed by atoms with Gasteiger partial charge < -0.3 is 14.7 Å². The molecule has 1 unspecified atom stereocenters. The van der Waals surface area contributed by atoms with Gasteiger partial charge >= 0.3 is 6.18 Å². The van der Waals surface area contributed by atoms with E-state index in [-0.39, 0.29) is 17.7 Å². The minimum Gasteiger partial charge on any atom is -0.507 e. The Kier molecular flexibility index (Phi) is 6.59. The van der Waals surface area contributed by atoms with E-state index in [1.54, 1.807) is 36.4 Å². The van der Waals surface area contributed by atoms with E-state index in [0.717, 1.165) is 17.0 Å². The van der Waals surface area contributed by atoms with E-state index in [1.165, 1.54) is 24.5 Å². The van der Waals surface area contributed by atoms with Crippen molar-refractivity contribution in [1.29, 1.82) is 0 Å². The number of alkyl halides is 3. The molecule has 1 fully saturated rings. The summed E-state index contributed by atoms with van der Waals surface area (Å²) in [6.45, 7) is 2.01. The largest absolute Gasteiger partial charge is 0.507 e. The number of Topliss-reactive ketones (excluding diaryl/α,β-unsaturated/α-hetero) is 1. The molecule has 9 heteroatoms. The zero-order chi connectivity index (χ0) is 25.2. The van der Waals surface area contributed by atoms with Crippen molar-refractivity contribution in [1.82, 2.24) is 9.88 Å². The highest BCUT2D eigenvalue weighted by Gasteiger charge is 2.46. The first-order chi connectivity index (χ1) is 16.7. The number of ether oxygens (including phenoxy) is 1. The molecule has 6 nitrogen and oxygen atoms in total. The van der Waals surface area contributed by atoms with Crippen molar-refractivity contribution in [3.05, 3.63) is 101 Å². The van der Waals surface area contributed by atoms with E-state index < -0.39 is 35.2 Å². The van der Waals surface area contributed by atoms with Gasteiger partial charge in [-0.3, -0.25) is 14.6 Å². The van der Waals surface area contributed by atoms with Gasteiger partial charge in [-0.25, -0.2) is 0 Å². The van der Waals surface area contributed by atoms with Crippen LogP contribution in [0.25, 0.3) is 5.76 Å². The number of pyridine rings is 1. The summed E-state index contributed by atoms with van der Waals surface area (Å²) in [6, 6.07) is 13.1. The summed E-state index contributed by atoms with van der Waals surface area (Å²) in [5.74, 6) is -1.69. The molecule has 180 valence electrons. The fraction of sp³-hybridized carbons (Fsp3) is 0.192. The number of benzene rings is 2. The molecule has 0 spiro atoms. The molecule has 1 amide bonds. The van der Waals surface area contributed by atoms with Crippen LogP contribution in [-0.4, -0.2) is 33.3 Å². The van der Waals surface area contributed by atoms with E-state index in [1.807, 2.05) is 6.92 Å². The predicted molar refractivity (Wildman–Crippen MR) is 121 cm³/mol. The predicted octanol–water partition coefficient (Wildman–Crippen LogP) is 5.12. The number of nitrogens with zero attached hydrogens (tertiary/aromatic N) is 2. The Morgan fingerprint density at radius 1 is 1.09 bits per heavy atom. The number of likely N-dealkylation sites (tertiary alicyclic amines) is 1. The van der Waals surface area contributed by atoms with Gasteiger partial charge in [0, 0.05) is 24.5 Å². The maximum atomic E-state index is 13.2. The van der Waals surface area contributed by atoms with Crippen LogP contribution >= 0.6 is 0 Å². The molecule has 0 bridgehead atoms. The van der Waals surface area contributed by atoms with Gasteiger partial charge in [-0.1, -0.05) is 18.2 Å². The summed E-state index contributed by atoms with van der Waals surface area (Å²) in [6.07, 6.45) is -1.60. The van der Waals surface area contributed by atoms with Crippen molar-refractivity contribution in [2.45, 2.75) is 25.7 Å². The van der Waals surface area contributed by atoms with Crippen LogP contribution in [0.3, 0.4) is 0 Å². The van der Waals surface area contributed by atoms with E-state index in [9.17, 15) is 27.9 Å². The second-order valence-corrected chi connectivity index (χ2v) is 7.87. The number of ketones is 1. The Bertz CT molecular complexity index is 1270. The third-order valence-electron chi connectivity index (χ3n) is 5.59. The number of halogens is 3. The fourth-order valence-electron chi connectivity index (χ4n) is 4.00. The van der Waals surface area contributed by atoms with Gasteiger partial charge in [0.05, 0.1) is 23.8 Å². The molecule has 1 aromatic heterocycles. The van der Waals surface area contributed by atoms with E-state index in [4.69, 9.17) is 4.74 Å². The normalized spacial score (nSPS) is 17.6. The van der Waals surface area contributed by atoms with Crippen LogP contribution in [0.4, 0.5) is 13.2 Å². The van der Waals surface area contributed by atoms with E-state index in [0.29, 0.717) is 23.5 Å². The average Bonchev–Trinajstić information content (AvgIpc) is 3.09. The van der Waals surface area contributed by atoms with Gasteiger partial charge in [0.25, 0.3) is 11.7 Å². The SMILES string of the molecule is CCOc1ccc(/C(O)=C2\C(=O)C(=O)N(Cc3cccc(C(F)(F)F)c3)C2c2cccnc2)cc1.